The molecule has 0 aliphatic heterocycles. The minimum Gasteiger partial charge on any atom is -0.370 e. The smallest absolute Gasteiger partial charge is 0.131 e. The average molecular weight is 279 g/mol. The van der Waals surface area contributed by atoms with Crippen molar-refractivity contribution in [2.45, 2.75) is 39.5 Å². The van der Waals surface area contributed by atoms with Crippen LogP contribution in [0.3, 0.4) is 0 Å². The van der Waals surface area contributed by atoms with E-state index in [4.69, 9.17) is 0 Å². The van der Waals surface area contributed by atoms with Gasteiger partial charge >= 0.3 is 0 Å². The predicted octanol–water partition coefficient (Wildman–Crippen LogP) is 2.75. The fourth-order valence-corrected chi connectivity index (χ4v) is 1.95. The van der Waals surface area contributed by atoms with Crippen LogP contribution in [0, 0.1) is 6.92 Å². The minimum atomic E-state index is 0.806. The molecule has 0 amide bonds. The van der Waals surface area contributed by atoms with Crippen molar-refractivity contribution >= 4 is 11.6 Å². The largest absolute Gasteiger partial charge is 0.370 e. The average Bonchev–Trinajstić information content (AvgIpc) is 2.39. The molecule has 0 atom stereocenters. The highest BCUT2D eigenvalue weighted by molar-refractivity contribution is 5.47. The molecule has 5 heteroatoms. The van der Waals surface area contributed by atoms with Crippen molar-refractivity contribution in [3.8, 4) is 0 Å². The van der Waals surface area contributed by atoms with E-state index < -0.39 is 0 Å². The van der Waals surface area contributed by atoms with Gasteiger partial charge in [0.1, 0.15) is 17.5 Å². The first kappa shape index (κ1) is 16.7. The van der Waals surface area contributed by atoms with Crippen molar-refractivity contribution in [1.82, 2.24) is 14.9 Å². The van der Waals surface area contributed by atoms with Crippen LogP contribution in [0.2, 0.25) is 0 Å². The number of rotatable bonds is 10. The molecule has 0 fully saturated rings. The van der Waals surface area contributed by atoms with Crippen LogP contribution in [0.15, 0.2) is 6.07 Å². The van der Waals surface area contributed by atoms with Crippen LogP contribution in [0.25, 0.3) is 0 Å². The van der Waals surface area contributed by atoms with E-state index in [1.165, 1.54) is 19.3 Å². The Bertz CT molecular complexity index is 379. The van der Waals surface area contributed by atoms with Crippen molar-refractivity contribution < 1.29 is 0 Å². The molecule has 0 saturated carbocycles. The summed E-state index contributed by atoms with van der Waals surface area (Å²) < 4.78 is 0. The van der Waals surface area contributed by atoms with Gasteiger partial charge in [0.15, 0.2) is 0 Å². The van der Waals surface area contributed by atoms with Crippen LogP contribution in [0.1, 0.15) is 38.4 Å². The van der Waals surface area contributed by atoms with Gasteiger partial charge in [0.05, 0.1) is 0 Å². The highest BCUT2D eigenvalue weighted by Crippen LogP contribution is 2.11. The Morgan fingerprint density at radius 3 is 2.15 bits per heavy atom. The number of aryl methyl sites for hydroxylation is 1. The van der Waals surface area contributed by atoms with Gasteiger partial charge in [-0.1, -0.05) is 19.8 Å². The van der Waals surface area contributed by atoms with Gasteiger partial charge in [-0.25, -0.2) is 9.97 Å². The summed E-state index contributed by atoms with van der Waals surface area (Å²) in [4.78, 5) is 11.0. The van der Waals surface area contributed by atoms with Gasteiger partial charge in [0.25, 0.3) is 0 Å². The third-order valence-electron chi connectivity index (χ3n) is 3.01. The molecule has 0 saturated heterocycles. The number of anilines is 2. The number of nitrogens with one attached hydrogen (secondary N) is 2. The summed E-state index contributed by atoms with van der Waals surface area (Å²) in [7, 11) is 4.18. The lowest BCUT2D eigenvalue weighted by Gasteiger charge is -2.12. The van der Waals surface area contributed by atoms with Gasteiger partial charge in [0, 0.05) is 19.2 Å². The van der Waals surface area contributed by atoms with E-state index >= 15 is 0 Å². The zero-order chi connectivity index (χ0) is 14.8. The van der Waals surface area contributed by atoms with Gasteiger partial charge in [-0.05, 0) is 40.4 Å². The normalized spacial score (nSPS) is 10.8. The van der Waals surface area contributed by atoms with E-state index in [1.54, 1.807) is 0 Å². The fourth-order valence-electron chi connectivity index (χ4n) is 1.95. The highest BCUT2D eigenvalue weighted by atomic mass is 15.1. The van der Waals surface area contributed by atoms with Crippen molar-refractivity contribution in [3.63, 3.8) is 0 Å². The van der Waals surface area contributed by atoms with Crippen LogP contribution >= 0.6 is 0 Å². The molecule has 1 heterocycles. The molecule has 0 radical (unpaired) electrons. The summed E-state index contributed by atoms with van der Waals surface area (Å²) in [6.07, 6.45) is 4.79. The van der Waals surface area contributed by atoms with E-state index in [0.29, 0.717) is 0 Å². The molecule has 1 rings (SSSR count). The number of hydrogen-bond donors (Lipinski definition) is 2. The maximum absolute atomic E-state index is 4.42. The van der Waals surface area contributed by atoms with E-state index in [1.807, 2.05) is 13.0 Å². The summed E-state index contributed by atoms with van der Waals surface area (Å²) in [5.74, 6) is 2.64. The van der Waals surface area contributed by atoms with Crippen molar-refractivity contribution in [1.29, 1.82) is 0 Å². The topological polar surface area (TPSA) is 53.1 Å². The zero-order valence-electron chi connectivity index (χ0n) is 13.4. The van der Waals surface area contributed by atoms with Gasteiger partial charge in [0.2, 0.25) is 0 Å². The first-order valence-electron chi connectivity index (χ1n) is 7.60. The third kappa shape index (κ3) is 7.28. The monoisotopic (exact) mass is 279 g/mol. The molecule has 0 aliphatic carbocycles. The number of nitrogens with zero attached hydrogens (tertiary/aromatic N) is 3. The molecular formula is C15H29N5. The van der Waals surface area contributed by atoms with E-state index in [-0.39, 0.29) is 0 Å². The van der Waals surface area contributed by atoms with Crippen LogP contribution in [-0.2, 0) is 0 Å². The molecule has 1 aromatic rings. The molecule has 0 aliphatic rings. The van der Waals surface area contributed by atoms with Crippen molar-refractivity contribution in [2.24, 2.45) is 0 Å². The third-order valence-corrected chi connectivity index (χ3v) is 3.01. The fraction of sp³-hybridized carbons (Fsp3) is 0.733. The molecule has 2 N–H and O–H groups in total. The van der Waals surface area contributed by atoms with E-state index in [0.717, 1.165) is 43.5 Å². The molecule has 0 bridgehead atoms. The Morgan fingerprint density at radius 2 is 1.60 bits per heavy atom. The van der Waals surface area contributed by atoms with Crippen LogP contribution in [-0.4, -0.2) is 48.6 Å². The SMILES string of the molecule is CCCCCNc1cc(NCCCN(C)C)nc(C)n1. The Morgan fingerprint density at radius 1 is 1.00 bits per heavy atom. The van der Waals surface area contributed by atoms with Gasteiger partial charge in [-0.15, -0.1) is 0 Å². The molecule has 1 aromatic heterocycles. The maximum atomic E-state index is 4.42. The summed E-state index contributed by atoms with van der Waals surface area (Å²) >= 11 is 0. The summed E-state index contributed by atoms with van der Waals surface area (Å²) in [6.45, 7) is 7.14. The number of unbranched alkanes of at least 4 members (excludes halogenated alkanes) is 2. The lowest BCUT2D eigenvalue weighted by atomic mass is 10.2. The molecule has 5 nitrogen and oxygen atoms in total. The second-order valence-corrected chi connectivity index (χ2v) is 5.40. The summed E-state index contributed by atoms with van der Waals surface area (Å²) in [5, 5.41) is 6.74. The summed E-state index contributed by atoms with van der Waals surface area (Å²) in [5.41, 5.74) is 0. The molecule has 114 valence electrons. The molecule has 0 aromatic carbocycles. The molecule has 20 heavy (non-hydrogen) atoms. The lowest BCUT2D eigenvalue weighted by Crippen LogP contribution is -2.17. The maximum Gasteiger partial charge on any atom is 0.131 e. The van der Waals surface area contributed by atoms with Crippen LogP contribution in [0.4, 0.5) is 11.6 Å². The van der Waals surface area contributed by atoms with Crippen molar-refractivity contribution in [2.75, 3.05) is 44.4 Å². The quantitative estimate of drug-likeness (QED) is 0.645. The Hall–Kier alpha value is -1.36. The van der Waals surface area contributed by atoms with Gasteiger partial charge in [-0.3, -0.25) is 0 Å². The van der Waals surface area contributed by atoms with Gasteiger partial charge < -0.3 is 15.5 Å². The predicted molar refractivity (Wildman–Crippen MR) is 86.4 cm³/mol. The lowest BCUT2D eigenvalue weighted by molar-refractivity contribution is 0.405. The Labute approximate surface area is 123 Å². The first-order chi connectivity index (χ1) is 9.61. The molecule has 0 unspecified atom stereocenters. The zero-order valence-corrected chi connectivity index (χ0v) is 13.4. The molecule has 0 spiro atoms. The second kappa shape index (κ2) is 9.53. The van der Waals surface area contributed by atoms with Crippen LogP contribution < -0.4 is 10.6 Å². The highest BCUT2D eigenvalue weighted by Gasteiger charge is 2.01. The number of aromatic nitrogens is 2. The first-order valence-corrected chi connectivity index (χ1v) is 7.60. The van der Waals surface area contributed by atoms with E-state index in [9.17, 15) is 0 Å². The minimum absolute atomic E-state index is 0.806. The van der Waals surface area contributed by atoms with Gasteiger partial charge in [-0.2, -0.15) is 0 Å². The molecular weight excluding hydrogens is 250 g/mol. The Balaban J connectivity index is 2.40. The Kier molecular flexibility index (Phi) is 7.95. The van der Waals surface area contributed by atoms with Crippen LogP contribution in [0.5, 0.6) is 0 Å². The number of hydrogen-bond acceptors (Lipinski definition) is 5. The second-order valence-electron chi connectivity index (χ2n) is 5.40. The standard InChI is InChI=1S/C15H29N5/c1-5-6-7-9-16-14-12-15(19-13(2)18-14)17-10-8-11-20(3)4/h12H,5-11H2,1-4H3,(H2,16,17,18,19). The summed E-state index contributed by atoms with van der Waals surface area (Å²) in [6, 6.07) is 1.99. The van der Waals surface area contributed by atoms with E-state index in [2.05, 4.69) is 46.5 Å². The van der Waals surface area contributed by atoms with Crippen molar-refractivity contribution in [3.05, 3.63) is 11.9 Å².